The number of nitrogens with one attached hydrogen (secondary N) is 2. The highest BCUT2D eigenvalue weighted by molar-refractivity contribution is 6.31. The van der Waals surface area contributed by atoms with E-state index in [1.807, 2.05) is 0 Å². The van der Waals surface area contributed by atoms with E-state index >= 15 is 4.39 Å². The van der Waals surface area contributed by atoms with Crippen LogP contribution >= 0.6 is 11.6 Å². The molecule has 38 heavy (non-hydrogen) atoms. The van der Waals surface area contributed by atoms with Crippen LogP contribution in [0.3, 0.4) is 0 Å². The fourth-order valence-corrected chi connectivity index (χ4v) is 5.87. The molecule has 3 heterocycles. The van der Waals surface area contributed by atoms with Gasteiger partial charge >= 0.3 is 6.09 Å². The zero-order valence-corrected chi connectivity index (χ0v) is 21.0. The van der Waals surface area contributed by atoms with Crippen LogP contribution < -0.4 is 16.6 Å². The number of nitrogens with two attached hydrogens (primary N) is 1. The summed E-state index contributed by atoms with van der Waals surface area (Å²) < 4.78 is 22.5. The molecule has 0 unspecified atom stereocenters. The SMILES string of the molecule is NC(=O)c1ccc2c(=O)[nH]n([C@@H](CC3CC3)C(=O)N3CCC[C@@]4(C3)OC(=O)Nc3ccc(Cl)c(F)c34)c2c1. The van der Waals surface area contributed by atoms with Gasteiger partial charge in [-0.3, -0.25) is 29.5 Å². The number of rotatable bonds is 5. The molecule has 3 amide bonds. The molecule has 0 radical (unpaired) electrons. The second kappa shape index (κ2) is 8.87. The second-order valence-corrected chi connectivity index (χ2v) is 10.7. The number of fused-ring (bicyclic) bond motifs is 3. The smallest absolute Gasteiger partial charge is 0.412 e. The first-order valence-electron chi connectivity index (χ1n) is 12.5. The summed E-state index contributed by atoms with van der Waals surface area (Å²) in [6.07, 6.45) is 2.43. The third kappa shape index (κ3) is 4.01. The normalized spacial score (nSPS) is 21.6. The average Bonchev–Trinajstić information content (AvgIpc) is 3.65. The minimum absolute atomic E-state index is 0.0688. The molecule has 1 aromatic heterocycles. The van der Waals surface area contributed by atoms with Crippen molar-refractivity contribution in [3.8, 4) is 0 Å². The number of aromatic amines is 1. The van der Waals surface area contributed by atoms with Gasteiger partial charge in [-0.25, -0.2) is 9.18 Å². The largest absolute Gasteiger partial charge is 0.436 e. The monoisotopic (exact) mass is 541 g/mol. The lowest BCUT2D eigenvalue weighted by molar-refractivity contribution is -0.143. The number of anilines is 1. The van der Waals surface area contributed by atoms with Crippen molar-refractivity contribution in [1.29, 1.82) is 0 Å². The Hall–Kier alpha value is -3.86. The second-order valence-electron chi connectivity index (χ2n) is 10.3. The first kappa shape index (κ1) is 24.5. The number of carbonyl (C=O) groups excluding carboxylic acids is 3. The molecular formula is C26H25ClFN5O5. The Morgan fingerprint density at radius 3 is 2.76 bits per heavy atom. The molecule has 3 aliphatic rings. The van der Waals surface area contributed by atoms with Crippen molar-refractivity contribution in [1.82, 2.24) is 14.7 Å². The van der Waals surface area contributed by atoms with Gasteiger partial charge in [0.15, 0.2) is 11.4 Å². The molecule has 4 N–H and O–H groups in total. The molecule has 3 aromatic rings. The molecule has 6 rings (SSSR count). The Labute approximate surface area is 220 Å². The molecule has 1 spiro atoms. The Kier molecular flexibility index (Phi) is 5.71. The van der Waals surface area contributed by atoms with Gasteiger partial charge < -0.3 is 15.4 Å². The van der Waals surface area contributed by atoms with E-state index in [9.17, 15) is 19.2 Å². The molecule has 2 aliphatic heterocycles. The zero-order valence-electron chi connectivity index (χ0n) is 20.3. The molecule has 1 saturated carbocycles. The third-order valence-corrected chi connectivity index (χ3v) is 7.99. The number of ether oxygens (including phenoxy) is 1. The van der Waals surface area contributed by atoms with Crippen molar-refractivity contribution in [2.75, 3.05) is 18.4 Å². The minimum atomic E-state index is -1.41. The number of amides is 3. The number of likely N-dealkylation sites (tertiary alicyclic amines) is 1. The molecule has 2 fully saturated rings. The van der Waals surface area contributed by atoms with Gasteiger partial charge in [0.1, 0.15) is 6.04 Å². The van der Waals surface area contributed by atoms with E-state index in [0.717, 1.165) is 12.8 Å². The van der Waals surface area contributed by atoms with E-state index in [-0.39, 0.29) is 34.3 Å². The Balaban J connectivity index is 1.40. The molecule has 12 heteroatoms. The van der Waals surface area contributed by atoms with Gasteiger partial charge in [0.25, 0.3) is 5.56 Å². The maximum absolute atomic E-state index is 15.3. The van der Waals surface area contributed by atoms with Gasteiger partial charge in [0.2, 0.25) is 11.8 Å². The lowest BCUT2D eigenvalue weighted by atomic mass is 9.82. The van der Waals surface area contributed by atoms with Crippen LogP contribution in [0, 0.1) is 11.7 Å². The number of primary amides is 1. The van der Waals surface area contributed by atoms with Gasteiger partial charge in [-0.05, 0) is 55.5 Å². The number of H-pyrrole nitrogens is 1. The van der Waals surface area contributed by atoms with Crippen molar-refractivity contribution in [2.24, 2.45) is 11.7 Å². The fraction of sp³-hybridized carbons (Fsp3) is 0.385. The van der Waals surface area contributed by atoms with Crippen LogP contribution in [0.15, 0.2) is 35.1 Å². The summed E-state index contributed by atoms with van der Waals surface area (Å²) in [4.78, 5) is 52.7. The summed E-state index contributed by atoms with van der Waals surface area (Å²) in [6, 6.07) is 6.58. The van der Waals surface area contributed by atoms with Crippen molar-refractivity contribution >= 4 is 46.1 Å². The standard InChI is InChI=1S/C26H25ClFN5O5/c27-16-6-7-17-20(21(16)28)26(38-25(37)30-17)8-1-9-32(12-26)24(36)19(10-13-2-3-13)33-18-11-14(22(29)34)4-5-15(18)23(35)31-33/h4-7,11,13,19H,1-3,8-10,12H2,(H2,29,34)(H,30,37)(H,31,35)/t19-,26-/m0/s1. The van der Waals surface area contributed by atoms with Crippen molar-refractivity contribution in [3.05, 3.63) is 62.7 Å². The van der Waals surface area contributed by atoms with E-state index in [0.29, 0.717) is 42.6 Å². The first-order chi connectivity index (χ1) is 18.2. The quantitative estimate of drug-likeness (QED) is 0.452. The Morgan fingerprint density at radius 1 is 1.24 bits per heavy atom. The van der Waals surface area contributed by atoms with Gasteiger partial charge in [0, 0.05) is 12.1 Å². The van der Waals surface area contributed by atoms with Gasteiger partial charge in [-0.15, -0.1) is 0 Å². The van der Waals surface area contributed by atoms with Crippen LogP contribution in [-0.4, -0.2) is 45.7 Å². The maximum Gasteiger partial charge on any atom is 0.412 e. The molecule has 1 aliphatic carbocycles. The number of piperidine rings is 1. The molecule has 1 saturated heterocycles. The van der Waals surface area contributed by atoms with E-state index in [1.54, 1.807) is 4.90 Å². The van der Waals surface area contributed by atoms with Gasteiger partial charge in [0.05, 0.1) is 33.7 Å². The number of hydrogen-bond donors (Lipinski definition) is 3. The lowest BCUT2D eigenvalue weighted by Crippen LogP contribution is -2.54. The van der Waals surface area contributed by atoms with Crippen molar-refractivity contribution in [2.45, 2.75) is 43.7 Å². The summed E-state index contributed by atoms with van der Waals surface area (Å²) in [7, 11) is 0. The van der Waals surface area contributed by atoms with Crippen molar-refractivity contribution < 1.29 is 23.5 Å². The number of benzene rings is 2. The van der Waals surface area contributed by atoms with Crippen LogP contribution in [0.25, 0.3) is 10.9 Å². The van der Waals surface area contributed by atoms with Crippen LogP contribution in [0.1, 0.15) is 54.1 Å². The summed E-state index contributed by atoms with van der Waals surface area (Å²) in [5, 5.41) is 5.51. The molecule has 10 nitrogen and oxygen atoms in total. The predicted octanol–water partition coefficient (Wildman–Crippen LogP) is 3.64. The van der Waals surface area contributed by atoms with Gasteiger partial charge in [-0.1, -0.05) is 24.4 Å². The van der Waals surface area contributed by atoms with Gasteiger partial charge in [-0.2, -0.15) is 0 Å². The maximum atomic E-state index is 15.3. The lowest BCUT2D eigenvalue weighted by Gasteiger charge is -2.45. The molecule has 2 atom stereocenters. The van der Waals surface area contributed by atoms with Crippen LogP contribution in [0.4, 0.5) is 14.9 Å². The van der Waals surface area contributed by atoms with Crippen molar-refractivity contribution in [3.63, 3.8) is 0 Å². The van der Waals surface area contributed by atoms with E-state index < -0.39 is 35.0 Å². The topological polar surface area (TPSA) is 140 Å². The summed E-state index contributed by atoms with van der Waals surface area (Å²) in [6.45, 7) is 0.293. The number of hydrogen-bond acceptors (Lipinski definition) is 5. The fourth-order valence-electron chi connectivity index (χ4n) is 5.71. The summed E-state index contributed by atoms with van der Waals surface area (Å²) in [5.41, 5.74) is 4.64. The number of nitrogens with zero attached hydrogens (tertiary/aromatic N) is 2. The molecule has 2 aromatic carbocycles. The number of aromatic nitrogens is 2. The zero-order chi connectivity index (χ0) is 26.8. The summed E-state index contributed by atoms with van der Waals surface area (Å²) >= 11 is 6.08. The highest BCUT2D eigenvalue weighted by Gasteiger charge is 2.49. The molecule has 0 bridgehead atoms. The highest BCUT2D eigenvalue weighted by Crippen LogP contribution is 2.46. The first-order valence-corrected chi connectivity index (χ1v) is 12.9. The number of halogens is 2. The number of carbonyl (C=O) groups is 3. The highest BCUT2D eigenvalue weighted by atomic mass is 35.5. The van der Waals surface area contributed by atoms with E-state index in [4.69, 9.17) is 22.1 Å². The Bertz CT molecular complexity index is 1560. The Morgan fingerprint density at radius 2 is 2.03 bits per heavy atom. The average molecular weight is 542 g/mol. The minimum Gasteiger partial charge on any atom is -0.436 e. The van der Waals surface area contributed by atoms with Crippen LogP contribution in [-0.2, 0) is 15.1 Å². The molecular weight excluding hydrogens is 517 g/mol. The van der Waals surface area contributed by atoms with E-state index in [2.05, 4.69) is 10.4 Å². The van der Waals surface area contributed by atoms with E-state index in [1.165, 1.54) is 35.0 Å². The van der Waals surface area contributed by atoms with Crippen LogP contribution in [0.5, 0.6) is 0 Å². The summed E-state index contributed by atoms with van der Waals surface area (Å²) in [5.74, 6) is -1.35. The molecule has 198 valence electrons. The van der Waals surface area contributed by atoms with Crippen LogP contribution in [0.2, 0.25) is 5.02 Å². The third-order valence-electron chi connectivity index (χ3n) is 7.70. The predicted molar refractivity (Wildman–Crippen MR) is 136 cm³/mol.